The zero-order valence-corrected chi connectivity index (χ0v) is 17.3. The van der Waals surface area contributed by atoms with E-state index in [1.807, 2.05) is 0 Å². The molecule has 2 fully saturated rings. The first-order valence-corrected chi connectivity index (χ1v) is 10.2. The van der Waals surface area contributed by atoms with E-state index in [2.05, 4.69) is 6.58 Å². The van der Waals surface area contributed by atoms with Gasteiger partial charge >= 0.3 is 0 Å². The van der Waals surface area contributed by atoms with Crippen LogP contribution in [0.2, 0.25) is 0 Å². The third-order valence-corrected chi connectivity index (χ3v) is 5.81. The van der Waals surface area contributed by atoms with Gasteiger partial charge in [-0.15, -0.1) is 0 Å². The second-order valence-electron chi connectivity index (χ2n) is 7.86. The lowest BCUT2D eigenvalue weighted by molar-refractivity contribution is -0.433. The van der Waals surface area contributed by atoms with E-state index in [0.29, 0.717) is 5.56 Å². The van der Waals surface area contributed by atoms with Crippen LogP contribution in [0.4, 0.5) is 0 Å². The van der Waals surface area contributed by atoms with E-state index in [1.54, 1.807) is 30.3 Å². The molecule has 1 aromatic carbocycles. The Hall–Kier alpha value is -1.64. The molecule has 2 saturated heterocycles. The van der Waals surface area contributed by atoms with Crippen molar-refractivity contribution in [3.8, 4) is 0 Å². The minimum absolute atomic E-state index is 0.207. The van der Waals surface area contributed by atoms with Gasteiger partial charge in [0.2, 0.25) is 11.6 Å². The van der Waals surface area contributed by atoms with Crippen molar-refractivity contribution in [2.24, 2.45) is 0 Å². The molecule has 2 aliphatic heterocycles. The Kier molecular flexibility index (Phi) is 7.89. The largest absolute Gasteiger partial charge is 0.493 e. The maximum absolute atomic E-state index is 11.1. The molecule has 32 heavy (non-hydrogen) atoms. The summed E-state index contributed by atoms with van der Waals surface area (Å²) in [6.07, 6.45) is -9.78. The molecule has 1 unspecified atom stereocenters. The van der Waals surface area contributed by atoms with Gasteiger partial charge in [-0.3, -0.25) is 0 Å². The maximum atomic E-state index is 11.1. The first kappa shape index (κ1) is 25.0. The fourth-order valence-corrected chi connectivity index (χ4v) is 4.16. The molecule has 0 radical (unpaired) electrons. The van der Waals surface area contributed by atoms with Crippen LogP contribution in [0.5, 0.6) is 0 Å². The van der Waals surface area contributed by atoms with E-state index >= 15 is 0 Å². The van der Waals surface area contributed by atoms with Gasteiger partial charge in [0.15, 0.2) is 6.10 Å². The molecule has 0 spiro atoms. The molecule has 11 heteroatoms. The second-order valence-corrected chi connectivity index (χ2v) is 7.86. The molecule has 0 bridgehead atoms. The molecule has 2 aliphatic rings. The molecule has 2 heterocycles. The lowest BCUT2D eigenvalue weighted by atomic mass is 9.88. The van der Waals surface area contributed by atoms with Gasteiger partial charge in [0, 0.05) is 6.42 Å². The summed E-state index contributed by atoms with van der Waals surface area (Å²) in [5.41, 5.74) is 0.582. The molecule has 0 saturated carbocycles. The van der Waals surface area contributed by atoms with Crippen LogP contribution in [0.25, 0.3) is 0 Å². The van der Waals surface area contributed by atoms with E-state index in [0.717, 1.165) is 6.26 Å². The highest BCUT2D eigenvalue weighted by atomic mass is 16.8. The molecular weight excluding hydrogens is 428 g/mol. The Balaban J connectivity index is 2.04. The van der Waals surface area contributed by atoms with E-state index in [1.165, 1.54) is 0 Å². The third kappa shape index (κ3) is 4.41. The minimum Gasteiger partial charge on any atom is -0.493 e. The van der Waals surface area contributed by atoms with Gasteiger partial charge in [0.05, 0.1) is 19.5 Å². The number of benzene rings is 1. The number of hydrogen-bond acceptors (Lipinski definition) is 11. The summed E-state index contributed by atoms with van der Waals surface area (Å²) in [4.78, 5) is 0. The molecule has 0 amide bonds. The van der Waals surface area contributed by atoms with Gasteiger partial charge in [-0.05, 0) is 5.56 Å². The zero-order valence-electron chi connectivity index (χ0n) is 17.3. The van der Waals surface area contributed by atoms with Crippen molar-refractivity contribution in [3.05, 3.63) is 48.7 Å². The summed E-state index contributed by atoms with van der Waals surface area (Å²) in [5, 5.41) is 72.0. The Morgan fingerprint density at radius 1 is 0.875 bits per heavy atom. The van der Waals surface area contributed by atoms with Crippen LogP contribution in [0, 0.1) is 0 Å². The zero-order chi connectivity index (χ0) is 23.5. The Labute approximate surface area is 184 Å². The summed E-state index contributed by atoms with van der Waals surface area (Å²) in [6.45, 7) is 1.10. The van der Waals surface area contributed by atoms with E-state index < -0.39 is 74.1 Å². The SMILES string of the molecule is C=CO[C@H]1[C@H](O)[C@@H](O)[C@](Cc2ccccc2)(OC2(CO)O[C@H](CO)[C@@H](O)[C@@H]2O)O[C@@H]1CO. The van der Waals surface area contributed by atoms with Crippen LogP contribution in [-0.4, -0.2) is 110 Å². The lowest BCUT2D eigenvalue weighted by Crippen LogP contribution is -2.70. The van der Waals surface area contributed by atoms with Crippen molar-refractivity contribution < 1.29 is 54.7 Å². The van der Waals surface area contributed by atoms with Crippen molar-refractivity contribution >= 4 is 0 Å². The van der Waals surface area contributed by atoms with Crippen LogP contribution >= 0.6 is 0 Å². The smallest absolute Gasteiger partial charge is 0.224 e. The first-order valence-electron chi connectivity index (χ1n) is 10.2. The lowest BCUT2D eigenvalue weighted by Gasteiger charge is -2.51. The number of aliphatic hydroxyl groups is 7. The normalized spacial score (nSPS) is 42.0. The molecule has 180 valence electrons. The molecule has 0 aliphatic carbocycles. The summed E-state index contributed by atoms with van der Waals surface area (Å²) >= 11 is 0. The standard InChI is InChI=1S/C21H30O11/c1-2-29-17-14(10-23)31-20(19(28)16(17)26,8-12-6-4-3-5-7-12)32-21(11-24)18(27)15(25)13(9-22)30-21/h2-7,13-19,22-28H,1,8-11H2/t13-,14-,15-,16+,17-,18+,19-,20+,21?/m1/s1. The number of aliphatic hydroxyl groups excluding tert-OH is 7. The van der Waals surface area contributed by atoms with E-state index in [9.17, 15) is 35.7 Å². The quantitative estimate of drug-likeness (QED) is 0.193. The summed E-state index contributed by atoms with van der Waals surface area (Å²) in [7, 11) is 0. The van der Waals surface area contributed by atoms with Gasteiger partial charge in [-0.1, -0.05) is 36.9 Å². The van der Waals surface area contributed by atoms with Crippen molar-refractivity contribution in [2.75, 3.05) is 19.8 Å². The van der Waals surface area contributed by atoms with Crippen molar-refractivity contribution in [2.45, 2.75) is 60.7 Å². The molecule has 0 aromatic heterocycles. The van der Waals surface area contributed by atoms with Crippen LogP contribution in [0.3, 0.4) is 0 Å². The minimum atomic E-state index is -2.31. The summed E-state index contributed by atoms with van der Waals surface area (Å²) in [5.74, 6) is -4.47. The Bertz CT molecular complexity index is 747. The number of ether oxygens (including phenoxy) is 4. The maximum Gasteiger partial charge on any atom is 0.224 e. The van der Waals surface area contributed by atoms with Gasteiger partial charge in [0.25, 0.3) is 0 Å². The van der Waals surface area contributed by atoms with Crippen molar-refractivity contribution in [1.29, 1.82) is 0 Å². The average molecular weight is 458 g/mol. The van der Waals surface area contributed by atoms with Gasteiger partial charge in [-0.2, -0.15) is 0 Å². The van der Waals surface area contributed by atoms with Crippen LogP contribution in [0.1, 0.15) is 5.56 Å². The first-order chi connectivity index (χ1) is 15.3. The summed E-state index contributed by atoms with van der Waals surface area (Å²) < 4.78 is 22.5. The second kappa shape index (κ2) is 10.1. The third-order valence-electron chi connectivity index (χ3n) is 5.81. The van der Waals surface area contributed by atoms with Gasteiger partial charge in [0.1, 0.15) is 43.2 Å². The van der Waals surface area contributed by atoms with Gasteiger partial charge in [-0.25, -0.2) is 0 Å². The van der Waals surface area contributed by atoms with Crippen molar-refractivity contribution in [1.82, 2.24) is 0 Å². The van der Waals surface area contributed by atoms with Crippen molar-refractivity contribution in [3.63, 3.8) is 0 Å². The van der Waals surface area contributed by atoms with E-state index in [4.69, 9.17) is 18.9 Å². The van der Waals surface area contributed by atoms with Crippen LogP contribution in [0.15, 0.2) is 43.2 Å². The molecule has 1 aromatic rings. The monoisotopic (exact) mass is 458 g/mol. The number of rotatable bonds is 9. The summed E-state index contributed by atoms with van der Waals surface area (Å²) in [6, 6.07) is 8.58. The highest BCUT2D eigenvalue weighted by Crippen LogP contribution is 2.42. The number of hydrogen-bond donors (Lipinski definition) is 7. The molecule has 7 N–H and O–H groups in total. The predicted octanol–water partition coefficient (Wildman–Crippen LogP) is -2.61. The highest BCUT2D eigenvalue weighted by Gasteiger charge is 2.63. The molecule has 9 atom stereocenters. The van der Waals surface area contributed by atoms with Crippen LogP contribution < -0.4 is 0 Å². The predicted molar refractivity (Wildman–Crippen MR) is 107 cm³/mol. The van der Waals surface area contributed by atoms with Crippen LogP contribution in [-0.2, 0) is 25.4 Å². The molecule has 3 rings (SSSR count). The average Bonchev–Trinajstić information content (AvgIpc) is 3.05. The molecule has 11 nitrogen and oxygen atoms in total. The Morgan fingerprint density at radius 2 is 1.47 bits per heavy atom. The Morgan fingerprint density at radius 3 is 2.00 bits per heavy atom. The van der Waals surface area contributed by atoms with E-state index in [-0.39, 0.29) is 6.42 Å². The topological polar surface area (TPSA) is 179 Å². The fraction of sp³-hybridized carbons (Fsp3) is 0.619. The van der Waals surface area contributed by atoms with Gasteiger partial charge < -0.3 is 54.7 Å². The molecular formula is C21H30O11. The fourth-order valence-electron chi connectivity index (χ4n) is 4.16. The highest BCUT2D eigenvalue weighted by molar-refractivity contribution is 5.18.